The van der Waals surface area contributed by atoms with Crippen LogP contribution in [0.3, 0.4) is 0 Å². The normalized spacial score (nSPS) is 11.1. The number of carbonyl (C=O) groups is 2. The standard InChI is InChI=1S/C27H20ClNO2/c28-24-12-9-21-10-14-25(29-26(21)17-24)13-8-19-4-3-7-22(16-19)27(31)15-11-20-5-1-2-6-23(20)18-30/h1-10,12-14,16-18H,11,15H2/b13-8+. The number of fused-ring (bicyclic) bond motifs is 1. The van der Waals surface area contributed by atoms with Crippen LogP contribution in [0.4, 0.5) is 0 Å². The average molecular weight is 426 g/mol. The number of carbonyl (C=O) groups excluding carboxylic acids is 2. The third kappa shape index (κ3) is 5.14. The molecule has 4 aromatic rings. The number of Topliss-reactive ketones (excluding diaryl/α,β-unsaturated/α-hetero) is 1. The van der Waals surface area contributed by atoms with Crippen LogP contribution in [-0.4, -0.2) is 17.1 Å². The van der Waals surface area contributed by atoms with E-state index in [1.165, 1.54) is 0 Å². The highest BCUT2D eigenvalue weighted by Crippen LogP contribution is 2.19. The number of halogens is 1. The van der Waals surface area contributed by atoms with E-state index in [-0.39, 0.29) is 5.78 Å². The monoisotopic (exact) mass is 425 g/mol. The van der Waals surface area contributed by atoms with Gasteiger partial charge in [0, 0.05) is 28.0 Å². The summed E-state index contributed by atoms with van der Waals surface area (Å²) in [6.07, 6.45) is 5.59. The van der Waals surface area contributed by atoms with E-state index in [2.05, 4.69) is 4.98 Å². The quantitative estimate of drug-likeness (QED) is 0.245. The third-order valence-corrected chi connectivity index (χ3v) is 5.37. The van der Waals surface area contributed by atoms with E-state index >= 15 is 0 Å². The maximum Gasteiger partial charge on any atom is 0.163 e. The number of hydrogen-bond donors (Lipinski definition) is 0. The molecule has 0 aliphatic heterocycles. The van der Waals surface area contributed by atoms with Crippen LogP contribution >= 0.6 is 11.6 Å². The summed E-state index contributed by atoms with van der Waals surface area (Å²) in [5.74, 6) is 0.0504. The summed E-state index contributed by atoms with van der Waals surface area (Å²) in [7, 11) is 0. The molecule has 152 valence electrons. The van der Waals surface area contributed by atoms with Gasteiger partial charge in [0.1, 0.15) is 6.29 Å². The Morgan fingerprint density at radius 1 is 0.903 bits per heavy atom. The number of hydrogen-bond acceptors (Lipinski definition) is 3. The number of nitrogens with zero attached hydrogens (tertiary/aromatic N) is 1. The van der Waals surface area contributed by atoms with Crippen molar-refractivity contribution in [1.82, 2.24) is 4.98 Å². The highest BCUT2D eigenvalue weighted by molar-refractivity contribution is 6.31. The molecule has 0 amide bonds. The van der Waals surface area contributed by atoms with Crippen LogP contribution in [0.5, 0.6) is 0 Å². The number of aromatic nitrogens is 1. The molecule has 0 aliphatic carbocycles. The maximum atomic E-state index is 12.7. The maximum absolute atomic E-state index is 12.7. The molecule has 0 saturated heterocycles. The van der Waals surface area contributed by atoms with E-state index in [1.54, 1.807) is 6.07 Å². The SMILES string of the molecule is O=Cc1ccccc1CCC(=O)c1cccc(/C=C/c2ccc3ccc(Cl)cc3n2)c1. The fourth-order valence-electron chi connectivity index (χ4n) is 3.47. The number of aldehydes is 1. The van der Waals surface area contributed by atoms with Gasteiger partial charge in [0.2, 0.25) is 0 Å². The predicted molar refractivity (Wildman–Crippen MR) is 127 cm³/mol. The van der Waals surface area contributed by atoms with Crippen LogP contribution in [0.25, 0.3) is 23.1 Å². The van der Waals surface area contributed by atoms with Crippen LogP contribution in [0, 0.1) is 0 Å². The molecule has 31 heavy (non-hydrogen) atoms. The molecule has 0 unspecified atom stereocenters. The molecular formula is C27H20ClNO2. The van der Waals surface area contributed by atoms with Crippen molar-refractivity contribution >= 4 is 46.7 Å². The van der Waals surface area contributed by atoms with Crippen molar-refractivity contribution in [3.8, 4) is 0 Å². The first kappa shape index (κ1) is 20.7. The van der Waals surface area contributed by atoms with Crippen LogP contribution in [0.2, 0.25) is 5.02 Å². The van der Waals surface area contributed by atoms with Gasteiger partial charge in [-0.3, -0.25) is 9.59 Å². The van der Waals surface area contributed by atoms with Crippen molar-refractivity contribution in [2.45, 2.75) is 12.8 Å². The largest absolute Gasteiger partial charge is 0.298 e. The molecule has 3 nitrogen and oxygen atoms in total. The fraction of sp³-hybridized carbons (Fsp3) is 0.0741. The van der Waals surface area contributed by atoms with Gasteiger partial charge in [-0.1, -0.05) is 72.3 Å². The fourth-order valence-corrected chi connectivity index (χ4v) is 3.63. The van der Waals surface area contributed by atoms with Gasteiger partial charge < -0.3 is 0 Å². The Morgan fingerprint density at radius 2 is 1.74 bits per heavy atom. The van der Waals surface area contributed by atoms with Crippen molar-refractivity contribution in [2.75, 3.05) is 0 Å². The molecule has 0 N–H and O–H groups in total. The number of ketones is 1. The lowest BCUT2D eigenvalue weighted by atomic mass is 9.98. The van der Waals surface area contributed by atoms with E-state index in [1.807, 2.05) is 84.9 Å². The Hall–Kier alpha value is -3.56. The van der Waals surface area contributed by atoms with Crippen molar-refractivity contribution in [3.05, 3.63) is 112 Å². The topological polar surface area (TPSA) is 47.0 Å². The Kier molecular flexibility index (Phi) is 6.34. The van der Waals surface area contributed by atoms with Crippen LogP contribution in [0.15, 0.2) is 78.9 Å². The minimum absolute atomic E-state index is 0.0504. The Balaban J connectivity index is 1.47. The van der Waals surface area contributed by atoms with Crippen LogP contribution < -0.4 is 0 Å². The number of pyridine rings is 1. The highest BCUT2D eigenvalue weighted by Gasteiger charge is 2.08. The first-order valence-corrected chi connectivity index (χ1v) is 10.4. The summed E-state index contributed by atoms with van der Waals surface area (Å²) in [4.78, 5) is 28.5. The van der Waals surface area contributed by atoms with Crippen LogP contribution in [0.1, 0.15) is 44.0 Å². The summed E-state index contributed by atoms with van der Waals surface area (Å²) in [5, 5.41) is 1.69. The van der Waals surface area contributed by atoms with Crippen molar-refractivity contribution in [2.24, 2.45) is 0 Å². The smallest absolute Gasteiger partial charge is 0.163 e. The van der Waals surface area contributed by atoms with Gasteiger partial charge in [-0.25, -0.2) is 4.98 Å². The average Bonchev–Trinajstić information content (AvgIpc) is 2.81. The molecule has 0 fully saturated rings. The highest BCUT2D eigenvalue weighted by atomic mass is 35.5. The third-order valence-electron chi connectivity index (χ3n) is 5.13. The molecule has 3 aromatic carbocycles. The molecular weight excluding hydrogens is 406 g/mol. The molecule has 1 heterocycles. The summed E-state index contributed by atoms with van der Waals surface area (Å²) in [6.45, 7) is 0. The summed E-state index contributed by atoms with van der Waals surface area (Å²) < 4.78 is 0. The zero-order valence-corrected chi connectivity index (χ0v) is 17.5. The Labute approximate surface area is 186 Å². The van der Waals surface area contributed by atoms with E-state index in [0.717, 1.165) is 34.0 Å². The second kappa shape index (κ2) is 9.50. The summed E-state index contributed by atoms with van der Waals surface area (Å²) >= 11 is 6.07. The van der Waals surface area contributed by atoms with E-state index in [9.17, 15) is 9.59 Å². The van der Waals surface area contributed by atoms with E-state index in [0.29, 0.717) is 29.0 Å². The Morgan fingerprint density at radius 3 is 2.61 bits per heavy atom. The van der Waals surface area contributed by atoms with Gasteiger partial charge in [0.15, 0.2) is 5.78 Å². The molecule has 0 radical (unpaired) electrons. The van der Waals surface area contributed by atoms with E-state index in [4.69, 9.17) is 11.6 Å². The predicted octanol–water partition coefficient (Wildman–Crippen LogP) is 6.69. The lowest BCUT2D eigenvalue weighted by Crippen LogP contribution is -2.03. The molecule has 0 aliphatic rings. The molecule has 0 spiro atoms. The summed E-state index contributed by atoms with van der Waals surface area (Å²) in [5.41, 5.74) is 4.77. The molecule has 4 heteroatoms. The van der Waals surface area contributed by atoms with Gasteiger partial charge in [-0.2, -0.15) is 0 Å². The second-order valence-corrected chi connectivity index (χ2v) is 7.71. The molecule has 0 bridgehead atoms. The summed E-state index contributed by atoms with van der Waals surface area (Å²) in [6, 6.07) is 24.5. The number of rotatable bonds is 7. The first-order chi connectivity index (χ1) is 15.1. The van der Waals surface area contributed by atoms with Gasteiger partial charge >= 0.3 is 0 Å². The number of benzene rings is 3. The van der Waals surface area contributed by atoms with Gasteiger partial charge in [-0.15, -0.1) is 0 Å². The van der Waals surface area contributed by atoms with Crippen molar-refractivity contribution in [1.29, 1.82) is 0 Å². The van der Waals surface area contributed by atoms with Crippen LogP contribution in [-0.2, 0) is 6.42 Å². The van der Waals surface area contributed by atoms with Gasteiger partial charge in [0.25, 0.3) is 0 Å². The lowest BCUT2D eigenvalue weighted by molar-refractivity contribution is 0.0981. The lowest BCUT2D eigenvalue weighted by Gasteiger charge is -2.05. The van der Waals surface area contributed by atoms with E-state index < -0.39 is 0 Å². The first-order valence-electron chi connectivity index (χ1n) is 10.0. The Bertz CT molecular complexity index is 1290. The van der Waals surface area contributed by atoms with Crippen molar-refractivity contribution in [3.63, 3.8) is 0 Å². The second-order valence-electron chi connectivity index (χ2n) is 7.27. The van der Waals surface area contributed by atoms with Gasteiger partial charge in [-0.05, 0) is 47.9 Å². The zero-order chi connectivity index (χ0) is 21.6. The molecule has 0 atom stereocenters. The van der Waals surface area contributed by atoms with Crippen molar-refractivity contribution < 1.29 is 9.59 Å². The minimum atomic E-state index is 0.0504. The minimum Gasteiger partial charge on any atom is -0.298 e. The molecule has 4 rings (SSSR count). The molecule has 0 saturated carbocycles. The molecule has 1 aromatic heterocycles. The zero-order valence-electron chi connectivity index (χ0n) is 16.8. The van der Waals surface area contributed by atoms with Gasteiger partial charge in [0.05, 0.1) is 11.2 Å². The number of aryl methyl sites for hydroxylation is 1.